The number of halogens is 1. The van der Waals surface area contributed by atoms with E-state index in [4.69, 9.17) is 5.11 Å². The number of hydrogen-bond donors (Lipinski definition) is 2. The molecule has 2 N–H and O–H groups in total. The Labute approximate surface area is 124 Å². The highest BCUT2D eigenvalue weighted by atomic mass is 35.5. The summed E-state index contributed by atoms with van der Waals surface area (Å²) in [5, 5.41) is 12.1. The highest BCUT2D eigenvalue weighted by Gasteiger charge is 2.23. The standard InChI is InChI=1S/C16H15NO2.ClH/c18-16(19)15-9-13-7-6-12(8-14(13)10-17-15)11-4-2-1-3-5-11;/h1-8,15,17H,9-10H2,(H,18,19);1H/t15-;/m1./s1. The summed E-state index contributed by atoms with van der Waals surface area (Å²) in [7, 11) is 0. The van der Waals surface area contributed by atoms with Gasteiger partial charge in [-0.3, -0.25) is 4.79 Å². The monoisotopic (exact) mass is 289 g/mol. The summed E-state index contributed by atoms with van der Waals surface area (Å²) < 4.78 is 0. The van der Waals surface area contributed by atoms with Gasteiger partial charge >= 0.3 is 5.97 Å². The molecule has 1 atom stereocenters. The fourth-order valence-electron chi connectivity index (χ4n) is 2.50. The summed E-state index contributed by atoms with van der Waals surface area (Å²) in [4.78, 5) is 11.0. The molecule has 1 heterocycles. The third kappa shape index (κ3) is 2.84. The van der Waals surface area contributed by atoms with Crippen LogP contribution in [0.5, 0.6) is 0 Å². The molecule has 1 aliphatic heterocycles. The molecule has 20 heavy (non-hydrogen) atoms. The molecular weight excluding hydrogens is 274 g/mol. The fraction of sp³-hybridized carbons (Fsp3) is 0.188. The lowest BCUT2D eigenvalue weighted by molar-refractivity contribution is -0.139. The van der Waals surface area contributed by atoms with E-state index in [-0.39, 0.29) is 12.4 Å². The zero-order valence-electron chi connectivity index (χ0n) is 10.9. The van der Waals surface area contributed by atoms with Crippen LogP contribution in [0.3, 0.4) is 0 Å². The van der Waals surface area contributed by atoms with Crippen LogP contribution < -0.4 is 5.32 Å². The van der Waals surface area contributed by atoms with Crippen LogP contribution in [-0.2, 0) is 17.8 Å². The van der Waals surface area contributed by atoms with E-state index < -0.39 is 12.0 Å². The van der Waals surface area contributed by atoms with Crippen LogP contribution >= 0.6 is 12.4 Å². The van der Waals surface area contributed by atoms with Gasteiger partial charge in [-0.25, -0.2) is 0 Å². The molecule has 4 heteroatoms. The van der Waals surface area contributed by atoms with Crippen molar-refractivity contribution < 1.29 is 9.90 Å². The molecule has 3 rings (SSSR count). The molecular formula is C16H16ClNO2. The molecule has 0 saturated carbocycles. The molecule has 0 bridgehead atoms. The quantitative estimate of drug-likeness (QED) is 0.894. The van der Waals surface area contributed by atoms with E-state index in [1.165, 1.54) is 16.7 Å². The van der Waals surface area contributed by atoms with E-state index in [0.717, 1.165) is 5.56 Å². The topological polar surface area (TPSA) is 49.3 Å². The maximum absolute atomic E-state index is 11.0. The zero-order valence-corrected chi connectivity index (χ0v) is 11.7. The van der Waals surface area contributed by atoms with Crippen molar-refractivity contribution in [1.82, 2.24) is 5.32 Å². The van der Waals surface area contributed by atoms with Gasteiger partial charge in [0, 0.05) is 6.54 Å². The molecule has 0 amide bonds. The Morgan fingerprint density at radius 1 is 1.05 bits per heavy atom. The largest absolute Gasteiger partial charge is 0.480 e. The van der Waals surface area contributed by atoms with Crippen molar-refractivity contribution in [3.05, 3.63) is 59.7 Å². The van der Waals surface area contributed by atoms with Crippen LogP contribution in [0, 0.1) is 0 Å². The van der Waals surface area contributed by atoms with Crippen molar-refractivity contribution in [1.29, 1.82) is 0 Å². The van der Waals surface area contributed by atoms with Gasteiger partial charge in [0.25, 0.3) is 0 Å². The number of hydrogen-bond acceptors (Lipinski definition) is 2. The summed E-state index contributed by atoms with van der Waals surface area (Å²) in [5.41, 5.74) is 4.69. The molecule has 0 spiro atoms. The fourth-order valence-corrected chi connectivity index (χ4v) is 2.50. The van der Waals surface area contributed by atoms with Crippen LogP contribution in [0.4, 0.5) is 0 Å². The van der Waals surface area contributed by atoms with Crippen LogP contribution in [-0.4, -0.2) is 17.1 Å². The Bertz CT molecular complexity index is 613. The number of nitrogens with one attached hydrogen (secondary N) is 1. The van der Waals surface area contributed by atoms with Gasteiger partial charge < -0.3 is 10.4 Å². The average Bonchev–Trinajstić information content (AvgIpc) is 2.47. The first kappa shape index (κ1) is 14.6. The third-order valence-corrected chi connectivity index (χ3v) is 3.57. The van der Waals surface area contributed by atoms with Crippen molar-refractivity contribution in [3.63, 3.8) is 0 Å². The number of benzene rings is 2. The molecule has 0 radical (unpaired) electrons. The van der Waals surface area contributed by atoms with Gasteiger partial charge in [0.15, 0.2) is 0 Å². The van der Waals surface area contributed by atoms with Gasteiger partial charge in [-0.15, -0.1) is 12.4 Å². The molecule has 0 saturated heterocycles. The SMILES string of the molecule is Cl.O=C(O)[C@H]1Cc2ccc(-c3ccccc3)cc2CN1. The van der Waals surface area contributed by atoms with Crippen molar-refractivity contribution in [2.75, 3.05) is 0 Å². The van der Waals surface area contributed by atoms with E-state index in [0.29, 0.717) is 13.0 Å². The Morgan fingerprint density at radius 3 is 2.50 bits per heavy atom. The number of fused-ring (bicyclic) bond motifs is 1. The zero-order chi connectivity index (χ0) is 13.2. The Balaban J connectivity index is 0.00000147. The second-order valence-electron chi connectivity index (χ2n) is 4.83. The maximum Gasteiger partial charge on any atom is 0.321 e. The second-order valence-corrected chi connectivity index (χ2v) is 4.83. The molecule has 2 aromatic carbocycles. The van der Waals surface area contributed by atoms with Gasteiger partial charge in [0.1, 0.15) is 6.04 Å². The number of aliphatic carboxylic acids is 1. The van der Waals surface area contributed by atoms with Gasteiger partial charge in [-0.1, -0.05) is 42.5 Å². The van der Waals surface area contributed by atoms with E-state index in [1.807, 2.05) is 18.2 Å². The van der Waals surface area contributed by atoms with Crippen molar-refractivity contribution in [3.8, 4) is 11.1 Å². The van der Waals surface area contributed by atoms with E-state index in [9.17, 15) is 4.79 Å². The van der Waals surface area contributed by atoms with Gasteiger partial charge in [0.05, 0.1) is 0 Å². The minimum absolute atomic E-state index is 0. The summed E-state index contributed by atoms with van der Waals surface area (Å²) >= 11 is 0. The van der Waals surface area contributed by atoms with Crippen LogP contribution in [0.1, 0.15) is 11.1 Å². The number of carbonyl (C=O) groups is 1. The smallest absolute Gasteiger partial charge is 0.321 e. The van der Waals surface area contributed by atoms with E-state index >= 15 is 0 Å². The molecule has 2 aromatic rings. The molecule has 0 fully saturated rings. The molecule has 1 aliphatic rings. The van der Waals surface area contributed by atoms with E-state index in [1.54, 1.807) is 0 Å². The van der Waals surface area contributed by atoms with Crippen molar-refractivity contribution in [2.45, 2.75) is 19.0 Å². The normalized spacial score (nSPS) is 16.9. The predicted octanol–water partition coefficient (Wildman–Crippen LogP) is 2.87. The molecule has 0 aromatic heterocycles. The third-order valence-electron chi connectivity index (χ3n) is 3.57. The molecule has 0 unspecified atom stereocenters. The minimum atomic E-state index is -0.780. The predicted molar refractivity (Wildman–Crippen MR) is 81.1 cm³/mol. The first-order chi connectivity index (χ1) is 9.24. The molecule has 0 aliphatic carbocycles. The number of carboxylic acids is 1. The number of carboxylic acid groups (broad SMARTS) is 1. The minimum Gasteiger partial charge on any atom is -0.480 e. The Hall–Kier alpha value is -1.84. The summed E-state index contributed by atoms with van der Waals surface area (Å²) in [6.45, 7) is 0.618. The van der Waals surface area contributed by atoms with Crippen LogP contribution in [0.25, 0.3) is 11.1 Å². The lowest BCUT2D eigenvalue weighted by atomic mass is 9.92. The highest BCUT2D eigenvalue weighted by molar-refractivity contribution is 5.85. The second kappa shape index (κ2) is 6.07. The van der Waals surface area contributed by atoms with Crippen molar-refractivity contribution in [2.24, 2.45) is 0 Å². The molecule has 104 valence electrons. The lowest BCUT2D eigenvalue weighted by Crippen LogP contribution is -2.41. The number of rotatable bonds is 2. The lowest BCUT2D eigenvalue weighted by Gasteiger charge is -2.23. The van der Waals surface area contributed by atoms with Crippen LogP contribution in [0.15, 0.2) is 48.5 Å². The first-order valence-corrected chi connectivity index (χ1v) is 6.37. The molecule has 3 nitrogen and oxygen atoms in total. The van der Waals surface area contributed by atoms with Crippen molar-refractivity contribution >= 4 is 18.4 Å². The van der Waals surface area contributed by atoms with Crippen LogP contribution in [0.2, 0.25) is 0 Å². The van der Waals surface area contributed by atoms with E-state index in [2.05, 4.69) is 35.6 Å². The highest BCUT2D eigenvalue weighted by Crippen LogP contribution is 2.25. The summed E-state index contributed by atoms with van der Waals surface area (Å²) in [6.07, 6.45) is 0.555. The van der Waals surface area contributed by atoms with Gasteiger partial charge in [-0.05, 0) is 34.7 Å². The van der Waals surface area contributed by atoms with Gasteiger partial charge in [-0.2, -0.15) is 0 Å². The first-order valence-electron chi connectivity index (χ1n) is 6.37. The van der Waals surface area contributed by atoms with Gasteiger partial charge in [0.2, 0.25) is 0 Å². The Kier molecular flexibility index (Phi) is 4.42. The maximum atomic E-state index is 11.0. The summed E-state index contributed by atoms with van der Waals surface area (Å²) in [5.74, 6) is -0.780. The average molecular weight is 290 g/mol. The Morgan fingerprint density at radius 2 is 1.80 bits per heavy atom. The summed E-state index contributed by atoms with van der Waals surface area (Å²) in [6, 6.07) is 16.0.